The van der Waals surface area contributed by atoms with Crippen LogP contribution >= 0.6 is 0 Å². The fraction of sp³-hybridized carbons (Fsp3) is 0.0357. The van der Waals surface area contributed by atoms with Crippen LogP contribution in [0.2, 0.25) is 0 Å². The fourth-order valence-corrected chi connectivity index (χ4v) is 9.32. The smallest absolute Gasteiger partial charge is 0.0629 e. The first kappa shape index (κ1) is 33.9. The molecule has 9 aromatic rings. The summed E-state index contributed by atoms with van der Waals surface area (Å²) in [5.41, 5.74) is 14.5. The van der Waals surface area contributed by atoms with Crippen molar-refractivity contribution in [1.29, 1.82) is 0 Å². The van der Waals surface area contributed by atoms with Crippen LogP contribution < -0.4 is 9.80 Å². The summed E-state index contributed by atoms with van der Waals surface area (Å²) in [7, 11) is 0. The van der Waals surface area contributed by atoms with Crippen LogP contribution in [0.3, 0.4) is 0 Å². The lowest BCUT2D eigenvalue weighted by Crippen LogP contribution is -2.28. The van der Waals surface area contributed by atoms with Crippen molar-refractivity contribution in [3.63, 3.8) is 0 Å². The van der Waals surface area contributed by atoms with Crippen LogP contribution in [-0.4, -0.2) is 6.04 Å². The highest BCUT2D eigenvalue weighted by Gasteiger charge is 2.37. The molecule has 0 spiro atoms. The molecule has 2 nitrogen and oxygen atoms in total. The molecule has 274 valence electrons. The Kier molecular flexibility index (Phi) is 8.33. The van der Waals surface area contributed by atoms with Gasteiger partial charge in [-0.2, -0.15) is 0 Å². The highest BCUT2D eigenvalue weighted by Crippen LogP contribution is 2.50. The van der Waals surface area contributed by atoms with E-state index in [4.69, 9.17) is 0 Å². The number of hydrogen-bond donors (Lipinski definition) is 0. The lowest BCUT2D eigenvalue weighted by atomic mass is 9.91. The van der Waals surface area contributed by atoms with Crippen molar-refractivity contribution >= 4 is 50.0 Å². The molecular formula is C56H40N2. The minimum absolute atomic E-state index is 0.238. The summed E-state index contributed by atoms with van der Waals surface area (Å²) in [6.07, 6.45) is 9.08. The third-order valence-corrected chi connectivity index (χ3v) is 12.0. The van der Waals surface area contributed by atoms with Gasteiger partial charge in [0.25, 0.3) is 0 Å². The Bertz CT molecular complexity index is 3010. The van der Waals surface area contributed by atoms with Crippen molar-refractivity contribution in [3.05, 3.63) is 236 Å². The molecule has 1 aliphatic carbocycles. The van der Waals surface area contributed by atoms with Gasteiger partial charge >= 0.3 is 0 Å². The first-order valence-corrected chi connectivity index (χ1v) is 20.2. The molecular weight excluding hydrogens is 701 g/mol. The monoisotopic (exact) mass is 740 g/mol. The summed E-state index contributed by atoms with van der Waals surface area (Å²) in [5.74, 6) is 0.334. The molecule has 58 heavy (non-hydrogen) atoms. The third kappa shape index (κ3) is 5.73. The van der Waals surface area contributed by atoms with Crippen molar-refractivity contribution in [2.24, 2.45) is 0 Å². The highest BCUT2D eigenvalue weighted by molar-refractivity contribution is 6.10. The first-order chi connectivity index (χ1) is 28.8. The minimum atomic E-state index is 0.238. The predicted octanol–water partition coefficient (Wildman–Crippen LogP) is 15.2. The van der Waals surface area contributed by atoms with E-state index in [0.29, 0.717) is 5.92 Å². The molecule has 2 heteroatoms. The summed E-state index contributed by atoms with van der Waals surface area (Å²) in [6.45, 7) is 0. The number of para-hydroxylation sites is 2. The van der Waals surface area contributed by atoms with Gasteiger partial charge in [-0.1, -0.05) is 188 Å². The molecule has 0 bridgehead atoms. The van der Waals surface area contributed by atoms with Gasteiger partial charge in [0.15, 0.2) is 0 Å². The second-order valence-corrected chi connectivity index (χ2v) is 15.2. The van der Waals surface area contributed by atoms with E-state index in [1.54, 1.807) is 0 Å². The number of benzene rings is 9. The van der Waals surface area contributed by atoms with Gasteiger partial charge in [0.05, 0.1) is 11.7 Å². The Balaban J connectivity index is 1.04. The Morgan fingerprint density at radius 3 is 1.74 bits per heavy atom. The van der Waals surface area contributed by atoms with Crippen molar-refractivity contribution < 1.29 is 0 Å². The number of rotatable bonds is 7. The standard InChI is InChI=1S/C56H40N2/c1-2-15-39(16-3-1)40-29-33-43(34-30-40)57(56-38-37-49(48-21-6-7-22-50(48)56)47-25-14-18-41-17-4-5-19-45(41)47)44-35-31-42(32-36-44)46-20-8-11-26-53(46)58-54-27-12-9-23-51(54)52-24-10-13-28-55(52)58/h1-38,51,54H. The zero-order chi connectivity index (χ0) is 38.4. The zero-order valence-electron chi connectivity index (χ0n) is 32.0. The molecule has 2 unspecified atom stereocenters. The average Bonchev–Trinajstić information content (AvgIpc) is 3.64. The second kappa shape index (κ2) is 14.3. The fourth-order valence-electron chi connectivity index (χ4n) is 9.32. The summed E-state index contributed by atoms with van der Waals surface area (Å²) in [5, 5.41) is 4.93. The van der Waals surface area contributed by atoms with Crippen LogP contribution in [0, 0.1) is 0 Å². The van der Waals surface area contributed by atoms with Gasteiger partial charge in [-0.05, 0) is 92.0 Å². The quantitative estimate of drug-likeness (QED) is 0.161. The van der Waals surface area contributed by atoms with E-state index in [-0.39, 0.29) is 6.04 Å². The van der Waals surface area contributed by atoms with Gasteiger partial charge in [0.1, 0.15) is 0 Å². The number of hydrogen-bond acceptors (Lipinski definition) is 2. The van der Waals surface area contributed by atoms with Gasteiger partial charge in [-0.3, -0.25) is 0 Å². The minimum Gasteiger partial charge on any atom is -0.333 e. The molecule has 2 aliphatic rings. The molecule has 0 amide bonds. The van der Waals surface area contributed by atoms with Crippen LogP contribution in [0.15, 0.2) is 231 Å². The SMILES string of the molecule is C1=CC2c3ccccc3N(c3ccccc3-c3ccc(N(c4ccc(-c5ccccc5)cc4)c4ccc(-c5cccc6ccccc56)c5ccccc45)cc3)C2C=C1. The molecule has 2 atom stereocenters. The van der Waals surface area contributed by atoms with Gasteiger partial charge in [0.2, 0.25) is 0 Å². The number of fused-ring (bicyclic) bond motifs is 5. The van der Waals surface area contributed by atoms with E-state index in [2.05, 4.69) is 240 Å². The Morgan fingerprint density at radius 2 is 0.931 bits per heavy atom. The van der Waals surface area contributed by atoms with Crippen molar-refractivity contribution in [3.8, 4) is 33.4 Å². The maximum atomic E-state index is 2.54. The van der Waals surface area contributed by atoms with Gasteiger partial charge in [0, 0.05) is 39.6 Å². The largest absolute Gasteiger partial charge is 0.333 e. The van der Waals surface area contributed by atoms with Crippen molar-refractivity contribution in [2.45, 2.75) is 12.0 Å². The van der Waals surface area contributed by atoms with Crippen LogP contribution in [0.25, 0.3) is 54.9 Å². The summed E-state index contributed by atoms with van der Waals surface area (Å²) in [6, 6.07) is 75.5. The molecule has 11 rings (SSSR count). The molecule has 1 aliphatic heterocycles. The second-order valence-electron chi connectivity index (χ2n) is 15.2. The van der Waals surface area contributed by atoms with E-state index in [0.717, 1.165) is 17.1 Å². The maximum Gasteiger partial charge on any atom is 0.0629 e. The van der Waals surface area contributed by atoms with Crippen LogP contribution in [-0.2, 0) is 0 Å². The van der Waals surface area contributed by atoms with Crippen LogP contribution in [0.1, 0.15) is 11.5 Å². The molecule has 9 aromatic carbocycles. The molecule has 0 N–H and O–H groups in total. The first-order valence-electron chi connectivity index (χ1n) is 20.2. The van der Waals surface area contributed by atoms with E-state index >= 15 is 0 Å². The molecule has 0 saturated carbocycles. The summed E-state index contributed by atoms with van der Waals surface area (Å²) >= 11 is 0. The van der Waals surface area contributed by atoms with E-state index in [1.807, 2.05) is 0 Å². The highest BCUT2D eigenvalue weighted by atomic mass is 15.2. The predicted molar refractivity (Wildman–Crippen MR) is 246 cm³/mol. The number of anilines is 5. The van der Waals surface area contributed by atoms with E-state index in [1.165, 1.54) is 71.9 Å². The third-order valence-electron chi connectivity index (χ3n) is 12.0. The number of allylic oxidation sites excluding steroid dienone is 2. The number of nitrogens with zero attached hydrogens (tertiary/aromatic N) is 2. The summed E-state index contributed by atoms with van der Waals surface area (Å²) in [4.78, 5) is 4.95. The Morgan fingerprint density at radius 1 is 0.362 bits per heavy atom. The molecule has 0 saturated heterocycles. The van der Waals surface area contributed by atoms with E-state index in [9.17, 15) is 0 Å². The molecule has 0 aromatic heterocycles. The molecule has 1 heterocycles. The topological polar surface area (TPSA) is 6.48 Å². The summed E-state index contributed by atoms with van der Waals surface area (Å²) < 4.78 is 0. The molecule has 0 radical (unpaired) electrons. The maximum absolute atomic E-state index is 2.54. The van der Waals surface area contributed by atoms with Crippen molar-refractivity contribution in [2.75, 3.05) is 9.80 Å². The molecule has 0 fully saturated rings. The van der Waals surface area contributed by atoms with Gasteiger partial charge in [-0.15, -0.1) is 0 Å². The average molecular weight is 741 g/mol. The van der Waals surface area contributed by atoms with Crippen molar-refractivity contribution in [1.82, 2.24) is 0 Å². The van der Waals surface area contributed by atoms with Gasteiger partial charge < -0.3 is 9.80 Å². The van der Waals surface area contributed by atoms with E-state index < -0.39 is 0 Å². The van der Waals surface area contributed by atoms with Crippen LogP contribution in [0.5, 0.6) is 0 Å². The zero-order valence-corrected chi connectivity index (χ0v) is 32.0. The Hall–Kier alpha value is -7.42. The lowest BCUT2D eigenvalue weighted by molar-refractivity contribution is 0.745. The normalized spacial score (nSPS) is 15.4. The van der Waals surface area contributed by atoms with Crippen LogP contribution in [0.4, 0.5) is 28.4 Å². The lowest BCUT2D eigenvalue weighted by Gasteiger charge is -2.31. The van der Waals surface area contributed by atoms with Gasteiger partial charge in [-0.25, -0.2) is 0 Å². The Labute approximate surface area is 339 Å².